The Hall–Kier alpha value is -0.780. The second-order valence-corrected chi connectivity index (χ2v) is 7.61. The molecule has 2 aromatic rings. The lowest BCUT2D eigenvalue weighted by Crippen LogP contribution is -2.25. The fourth-order valence-corrected chi connectivity index (χ4v) is 3.60. The minimum absolute atomic E-state index is 0.150. The number of hydrogen-bond acceptors (Lipinski definition) is 3. The Morgan fingerprint density at radius 2 is 2.14 bits per heavy atom. The Labute approximate surface area is 136 Å². The second-order valence-electron chi connectivity index (χ2n) is 5.81. The number of aromatic nitrogens is 1. The number of nitrogens with zero attached hydrogens (tertiary/aromatic N) is 1. The molecular formula is C16H18BrFN2S. The molecule has 3 rings (SSSR count). The van der Waals surface area contributed by atoms with Crippen LogP contribution in [0.5, 0.6) is 0 Å². The largest absolute Gasteiger partial charge is 0.301 e. The van der Waals surface area contributed by atoms with E-state index in [0.717, 1.165) is 28.0 Å². The maximum Gasteiger partial charge on any atom is 0.129 e. The molecule has 0 spiro atoms. The second kappa shape index (κ2) is 6.15. The highest BCUT2D eigenvalue weighted by molar-refractivity contribution is 9.10. The highest BCUT2D eigenvalue weighted by atomic mass is 79.9. The Morgan fingerprint density at radius 1 is 1.38 bits per heavy atom. The molecule has 0 saturated heterocycles. The van der Waals surface area contributed by atoms with Gasteiger partial charge in [-0.25, -0.2) is 9.37 Å². The van der Waals surface area contributed by atoms with E-state index in [1.54, 1.807) is 11.3 Å². The Balaban J connectivity index is 1.95. The van der Waals surface area contributed by atoms with Crippen LogP contribution in [-0.4, -0.2) is 11.0 Å². The zero-order chi connectivity index (χ0) is 15.0. The van der Waals surface area contributed by atoms with Crippen molar-refractivity contribution in [3.63, 3.8) is 0 Å². The number of benzene rings is 1. The lowest BCUT2D eigenvalue weighted by atomic mass is 10.1. The number of thiazole rings is 1. The number of nitrogens with one attached hydrogen (secondary N) is 1. The van der Waals surface area contributed by atoms with Crippen LogP contribution in [0.2, 0.25) is 0 Å². The summed E-state index contributed by atoms with van der Waals surface area (Å²) in [7, 11) is 0. The summed E-state index contributed by atoms with van der Waals surface area (Å²) in [6.45, 7) is 4.25. The van der Waals surface area contributed by atoms with Crippen molar-refractivity contribution in [3.8, 4) is 0 Å². The van der Waals surface area contributed by atoms with Crippen LogP contribution in [0.25, 0.3) is 0 Å². The molecule has 0 amide bonds. The van der Waals surface area contributed by atoms with E-state index >= 15 is 0 Å². The molecule has 1 unspecified atom stereocenters. The quantitative estimate of drug-likeness (QED) is 0.802. The van der Waals surface area contributed by atoms with Crippen LogP contribution in [0.3, 0.4) is 0 Å². The summed E-state index contributed by atoms with van der Waals surface area (Å²) in [5.41, 5.74) is 1.75. The zero-order valence-corrected chi connectivity index (χ0v) is 14.5. The number of halogens is 2. The minimum Gasteiger partial charge on any atom is -0.301 e. The van der Waals surface area contributed by atoms with Gasteiger partial charge in [0.15, 0.2) is 0 Å². The van der Waals surface area contributed by atoms with Crippen molar-refractivity contribution in [2.45, 2.75) is 44.7 Å². The topological polar surface area (TPSA) is 24.9 Å². The first-order valence-electron chi connectivity index (χ1n) is 7.21. The van der Waals surface area contributed by atoms with Crippen molar-refractivity contribution >= 4 is 27.3 Å². The molecule has 1 aliphatic carbocycles. The van der Waals surface area contributed by atoms with Gasteiger partial charge in [0.2, 0.25) is 0 Å². The summed E-state index contributed by atoms with van der Waals surface area (Å²) in [5.74, 6) is 0.204. The van der Waals surface area contributed by atoms with Crippen LogP contribution in [0, 0.1) is 5.82 Å². The smallest absolute Gasteiger partial charge is 0.129 e. The normalized spacial score (nSPS) is 16.4. The van der Waals surface area contributed by atoms with Crippen molar-refractivity contribution in [3.05, 3.63) is 50.1 Å². The van der Waals surface area contributed by atoms with Crippen LogP contribution in [0.1, 0.15) is 54.9 Å². The van der Waals surface area contributed by atoms with E-state index in [0.29, 0.717) is 17.5 Å². The van der Waals surface area contributed by atoms with E-state index in [-0.39, 0.29) is 11.9 Å². The standard InChI is InChI=1S/C16H18BrFN2S/c1-9(2)14-8-21-16(20-14)15(19-11-4-5-11)12-6-3-10(17)7-13(12)18/h3,6-9,11,15,19H,4-5H2,1-2H3. The molecule has 1 heterocycles. The van der Waals surface area contributed by atoms with Crippen LogP contribution >= 0.6 is 27.3 Å². The molecule has 1 aromatic heterocycles. The van der Waals surface area contributed by atoms with Gasteiger partial charge in [0.05, 0.1) is 11.7 Å². The van der Waals surface area contributed by atoms with Gasteiger partial charge in [-0.2, -0.15) is 0 Å². The molecular weight excluding hydrogens is 351 g/mol. The third-order valence-electron chi connectivity index (χ3n) is 3.63. The van der Waals surface area contributed by atoms with Crippen molar-refractivity contribution in [1.82, 2.24) is 10.3 Å². The summed E-state index contributed by atoms with van der Waals surface area (Å²) >= 11 is 4.93. The van der Waals surface area contributed by atoms with Crippen molar-refractivity contribution in [2.75, 3.05) is 0 Å². The molecule has 0 bridgehead atoms. The van der Waals surface area contributed by atoms with Gasteiger partial charge in [0.25, 0.3) is 0 Å². The van der Waals surface area contributed by atoms with Gasteiger partial charge < -0.3 is 5.32 Å². The molecule has 1 aliphatic rings. The molecule has 5 heteroatoms. The predicted octanol–water partition coefficient (Wildman–Crippen LogP) is 5.01. The third kappa shape index (κ3) is 3.52. The van der Waals surface area contributed by atoms with E-state index in [1.807, 2.05) is 12.1 Å². The number of hydrogen-bond donors (Lipinski definition) is 1. The van der Waals surface area contributed by atoms with Gasteiger partial charge in [-0.3, -0.25) is 0 Å². The Morgan fingerprint density at radius 3 is 2.71 bits per heavy atom. The molecule has 2 nitrogen and oxygen atoms in total. The molecule has 1 fully saturated rings. The van der Waals surface area contributed by atoms with Crippen molar-refractivity contribution in [1.29, 1.82) is 0 Å². The van der Waals surface area contributed by atoms with E-state index in [4.69, 9.17) is 4.98 Å². The summed E-state index contributed by atoms with van der Waals surface area (Å²) in [6.07, 6.45) is 2.33. The molecule has 1 aromatic carbocycles. The Bertz CT molecular complexity index is 637. The molecule has 21 heavy (non-hydrogen) atoms. The fourth-order valence-electron chi connectivity index (χ4n) is 2.21. The maximum absolute atomic E-state index is 14.3. The third-order valence-corrected chi connectivity index (χ3v) is 5.05. The number of rotatable bonds is 5. The average molecular weight is 369 g/mol. The molecule has 1 N–H and O–H groups in total. The lowest BCUT2D eigenvalue weighted by molar-refractivity contribution is 0.543. The monoisotopic (exact) mass is 368 g/mol. The predicted molar refractivity (Wildman–Crippen MR) is 88.3 cm³/mol. The molecule has 112 valence electrons. The summed E-state index contributed by atoms with van der Waals surface area (Å²) < 4.78 is 15.1. The summed E-state index contributed by atoms with van der Waals surface area (Å²) in [5, 5.41) is 6.56. The zero-order valence-electron chi connectivity index (χ0n) is 12.1. The van der Waals surface area contributed by atoms with Gasteiger partial charge in [-0.05, 0) is 30.9 Å². The molecule has 0 radical (unpaired) electrons. The highest BCUT2D eigenvalue weighted by Crippen LogP contribution is 2.33. The first-order chi connectivity index (χ1) is 10.0. The molecule has 0 aliphatic heterocycles. The van der Waals surface area contributed by atoms with Crippen LogP contribution in [-0.2, 0) is 0 Å². The first kappa shape index (κ1) is 15.1. The van der Waals surface area contributed by atoms with Crippen molar-refractivity contribution < 1.29 is 4.39 Å². The Kier molecular flexibility index (Phi) is 4.43. The van der Waals surface area contributed by atoms with Crippen molar-refractivity contribution in [2.24, 2.45) is 0 Å². The summed E-state index contributed by atoms with van der Waals surface area (Å²) in [6, 6.07) is 5.59. The summed E-state index contributed by atoms with van der Waals surface area (Å²) in [4.78, 5) is 4.71. The lowest BCUT2D eigenvalue weighted by Gasteiger charge is -2.17. The van der Waals surface area contributed by atoms with Gasteiger partial charge in [-0.15, -0.1) is 11.3 Å². The average Bonchev–Trinajstić information content (AvgIpc) is 3.11. The van der Waals surface area contributed by atoms with E-state index in [2.05, 4.69) is 40.5 Å². The maximum atomic E-state index is 14.3. The van der Waals surface area contributed by atoms with Gasteiger partial charge >= 0.3 is 0 Å². The fraction of sp³-hybridized carbons (Fsp3) is 0.438. The van der Waals surface area contributed by atoms with E-state index in [1.165, 1.54) is 6.07 Å². The molecule has 1 saturated carbocycles. The van der Waals surface area contributed by atoms with E-state index in [9.17, 15) is 4.39 Å². The van der Waals surface area contributed by atoms with E-state index < -0.39 is 0 Å². The minimum atomic E-state index is -0.191. The highest BCUT2D eigenvalue weighted by Gasteiger charge is 2.29. The van der Waals surface area contributed by atoms with Crippen LogP contribution < -0.4 is 5.32 Å². The first-order valence-corrected chi connectivity index (χ1v) is 8.88. The SMILES string of the molecule is CC(C)c1csc(C(NC2CC2)c2ccc(Br)cc2F)n1. The van der Waals surface area contributed by atoms with Crippen LogP contribution in [0.4, 0.5) is 4.39 Å². The van der Waals surface area contributed by atoms with Gasteiger partial charge in [0, 0.05) is 21.5 Å². The van der Waals surface area contributed by atoms with Gasteiger partial charge in [-0.1, -0.05) is 35.8 Å². The van der Waals surface area contributed by atoms with Gasteiger partial charge in [0.1, 0.15) is 10.8 Å². The molecule has 1 atom stereocenters. The van der Waals surface area contributed by atoms with Crippen LogP contribution in [0.15, 0.2) is 28.1 Å².